The van der Waals surface area contributed by atoms with Gasteiger partial charge < -0.3 is 5.73 Å². The predicted octanol–water partition coefficient (Wildman–Crippen LogP) is 1.47. The molecule has 0 atom stereocenters. The topological polar surface area (TPSA) is 43.1 Å². The second-order valence-electron chi connectivity index (χ2n) is 3.12. The van der Waals surface area contributed by atoms with Crippen molar-refractivity contribution < 1.29 is 4.79 Å². The van der Waals surface area contributed by atoms with Crippen molar-refractivity contribution in [3.8, 4) is 0 Å². The van der Waals surface area contributed by atoms with Crippen LogP contribution in [0.15, 0.2) is 0 Å². The number of carbonyl (C=O) groups is 1. The van der Waals surface area contributed by atoms with Crippen molar-refractivity contribution in [1.29, 1.82) is 0 Å². The lowest BCUT2D eigenvalue weighted by Crippen LogP contribution is -2.27. The van der Waals surface area contributed by atoms with Crippen molar-refractivity contribution in [2.24, 2.45) is 11.7 Å². The quantitative estimate of drug-likeness (QED) is 0.716. The molecule has 0 aromatic carbocycles. The molecule has 0 aliphatic heterocycles. The smallest absolute Gasteiger partial charge is 0.149 e. The highest BCUT2D eigenvalue weighted by molar-refractivity contribution is 9.09. The molecule has 2 nitrogen and oxygen atoms in total. The Morgan fingerprint density at radius 3 is 2.36 bits per heavy atom. The van der Waals surface area contributed by atoms with E-state index in [1.807, 2.05) is 0 Å². The molecule has 0 aromatic heterocycles. The van der Waals surface area contributed by atoms with Crippen LogP contribution in [0.5, 0.6) is 0 Å². The Morgan fingerprint density at radius 1 is 1.36 bits per heavy atom. The minimum atomic E-state index is 0.220. The minimum Gasteiger partial charge on any atom is -0.324 e. The van der Waals surface area contributed by atoms with Crippen molar-refractivity contribution >= 4 is 21.7 Å². The molecule has 0 spiro atoms. The molecule has 0 heterocycles. The van der Waals surface area contributed by atoms with Crippen molar-refractivity contribution in [3.05, 3.63) is 0 Å². The van der Waals surface area contributed by atoms with Crippen LogP contribution in [0.4, 0.5) is 0 Å². The van der Waals surface area contributed by atoms with Crippen LogP contribution in [-0.2, 0) is 4.79 Å². The molecule has 1 aliphatic carbocycles. The fourth-order valence-electron chi connectivity index (χ4n) is 1.54. The summed E-state index contributed by atoms with van der Waals surface area (Å²) < 4.78 is 0. The molecule has 0 saturated heterocycles. The predicted molar refractivity (Wildman–Crippen MR) is 48.7 cm³/mol. The van der Waals surface area contributed by atoms with E-state index in [-0.39, 0.29) is 18.2 Å². The standard InChI is InChI=1S/C8H14BrNO/c9-7-3-1-6(2-4-7)8(11)5-10/h6-7H,1-5,10H2. The van der Waals surface area contributed by atoms with Gasteiger partial charge in [0.2, 0.25) is 0 Å². The monoisotopic (exact) mass is 219 g/mol. The third-order valence-electron chi connectivity index (χ3n) is 2.31. The molecule has 1 rings (SSSR count). The Morgan fingerprint density at radius 2 is 1.91 bits per heavy atom. The summed E-state index contributed by atoms with van der Waals surface area (Å²) in [6.45, 7) is 0.220. The number of ketones is 1. The highest BCUT2D eigenvalue weighted by Gasteiger charge is 2.23. The van der Waals surface area contributed by atoms with E-state index in [0.29, 0.717) is 4.83 Å². The van der Waals surface area contributed by atoms with Gasteiger partial charge in [-0.25, -0.2) is 0 Å². The van der Waals surface area contributed by atoms with E-state index in [4.69, 9.17) is 5.73 Å². The fraction of sp³-hybridized carbons (Fsp3) is 0.875. The van der Waals surface area contributed by atoms with Gasteiger partial charge in [0.1, 0.15) is 5.78 Å². The second-order valence-corrected chi connectivity index (χ2v) is 4.41. The van der Waals surface area contributed by atoms with Crippen LogP contribution < -0.4 is 5.73 Å². The number of Topliss-reactive ketones (excluding diaryl/α,β-unsaturated/α-hetero) is 1. The molecule has 2 N–H and O–H groups in total. The van der Waals surface area contributed by atoms with E-state index in [1.54, 1.807) is 0 Å². The van der Waals surface area contributed by atoms with Gasteiger partial charge in [-0.05, 0) is 25.7 Å². The van der Waals surface area contributed by atoms with E-state index in [1.165, 1.54) is 0 Å². The highest BCUT2D eigenvalue weighted by atomic mass is 79.9. The number of rotatable bonds is 2. The van der Waals surface area contributed by atoms with Crippen LogP contribution in [0.3, 0.4) is 0 Å². The molecule has 1 fully saturated rings. The molecule has 0 unspecified atom stereocenters. The number of halogens is 1. The summed E-state index contributed by atoms with van der Waals surface area (Å²) in [5, 5.41) is 0. The van der Waals surface area contributed by atoms with E-state index in [0.717, 1.165) is 25.7 Å². The van der Waals surface area contributed by atoms with Crippen LogP contribution in [0.25, 0.3) is 0 Å². The van der Waals surface area contributed by atoms with E-state index < -0.39 is 0 Å². The van der Waals surface area contributed by atoms with Crippen molar-refractivity contribution in [2.45, 2.75) is 30.5 Å². The summed E-state index contributed by atoms with van der Waals surface area (Å²) in [7, 11) is 0. The van der Waals surface area contributed by atoms with Gasteiger partial charge in [-0.15, -0.1) is 0 Å². The lowest BCUT2D eigenvalue weighted by molar-refractivity contribution is -0.122. The van der Waals surface area contributed by atoms with Crippen molar-refractivity contribution in [2.75, 3.05) is 6.54 Å². The first-order valence-corrected chi connectivity index (χ1v) is 5.02. The molecule has 0 bridgehead atoms. The molecular weight excluding hydrogens is 206 g/mol. The zero-order valence-electron chi connectivity index (χ0n) is 6.55. The number of alkyl halides is 1. The third kappa shape index (κ3) is 2.56. The summed E-state index contributed by atoms with van der Waals surface area (Å²) in [5.41, 5.74) is 5.28. The van der Waals surface area contributed by atoms with Gasteiger partial charge in [-0.3, -0.25) is 4.79 Å². The van der Waals surface area contributed by atoms with Gasteiger partial charge >= 0.3 is 0 Å². The van der Waals surface area contributed by atoms with E-state index in [9.17, 15) is 4.79 Å². The zero-order chi connectivity index (χ0) is 8.27. The van der Waals surface area contributed by atoms with Gasteiger partial charge in [-0.2, -0.15) is 0 Å². The molecule has 11 heavy (non-hydrogen) atoms. The Hall–Kier alpha value is 0.110. The lowest BCUT2D eigenvalue weighted by atomic mass is 9.86. The van der Waals surface area contributed by atoms with E-state index in [2.05, 4.69) is 15.9 Å². The number of hydrogen-bond acceptors (Lipinski definition) is 2. The Labute approximate surface area is 75.7 Å². The molecule has 0 radical (unpaired) electrons. The first kappa shape index (κ1) is 9.20. The molecule has 1 saturated carbocycles. The number of carbonyl (C=O) groups excluding carboxylic acids is 1. The Kier molecular flexibility index (Phi) is 3.52. The van der Waals surface area contributed by atoms with Crippen LogP contribution in [-0.4, -0.2) is 17.2 Å². The van der Waals surface area contributed by atoms with Crippen LogP contribution in [0.1, 0.15) is 25.7 Å². The fourth-order valence-corrected chi connectivity index (χ4v) is 2.07. The summed E-state index contributed by atoms with van der Waals surface area (Å²) in [5.74, 6) is 0.498. The normalized spacial score (nSPS) is 31.8. The number of hydrogen-bond donors (Lipinski definition) is 1. The van der Waals surface area contributed by atoms with Gasteiger partial charge in [0.25, 0.3) is 0 Å². The first-order valence-electron chi connectivity index (χ1n) is 4.11. The summed E-state index contributed by atoms with van der Waals surface area (Å²) in [6, 6.07) is 0. The average molecular weight is 220 g/mol. The molecule has 3 heteroatoms. The highest BCUT2D eigenvalue weighted by Crippen LogP contribution is 2.28. The maximum atomic E-state index is 11.1. The SMILES string of the molecule is NCC(=O)C1CCC(Br)CC1. The van der Waals surface area contributed by atoms with Crippen molar-refractivity contribution in [1.82, 2.24) is 0 Å². The van der Waals surface area contributed by atoms with Crippen LogP contribution in [0, 0.1) is 5.92 Å². The van der Waals surface area contributed by atoms with Crippen LogP contribution in [0.2, 0.25) is 0 Å². The molecule has 1 aliphatic rings. The lowest BCUT2D eigenvalue weighted by Gasteiger charge is -2.23. The molecule has 0 amide bonds. The molecule has 64 valence electrons. The second kappa shape index (κ2) is 4.21. The van der Waals surface area contributed by atoms with Gasteiger partial charge in [0.15, 0.2) is 0 Å². The molecule has 0 aromatic rings. The first-order chi connectivity index (χ1) is 5.24. The summed E-state index contributed by atoms with van der Waals surface area (Å²) in [4.78, 5) is 11.8. The minimum absolute atomic E-state index is 0.220. The maximum Gasteiger partial charge on any atom is 0.149 e. The third-order valence-corrected chi connectivity index (χ3v) is 3.23. The molecular formula is C8H14BrNO. The van der Waals surface area contributed by atoms with E-state index >= 15 is 0 Å². The van der Waals surface area contributed by atoms with Gasteiger partial charge in [-0.1, -0.05) is 15.9 Å². The van der Waals surface area contributed by atoms with Gasteiger partial charge in [0.05, 0.1) is 6.54 Å². The Balaban J connectivity index is 2.33. The largest absolute Gasteiger partial charge is 0.324 e. The zero-order valence-corrected chi connectivity index (χ0v) is 8.14. The maximum absolute atomic E-state index is 11.1. The Bertz CT molecular complexity index is 141. The number of nitrogens with two attached hydrogens (primary N) is 1. The summed E-state index contributed by atoms with van der Waals surface area (Å²) >= 11 is 3.54. The van der Waals surface area contributed by atoms with Gasteiger partial charge in [0, 0.05) is 10.7 Å². The van der Waals surface area contributed by atoms with Crippen molar-refractivity contribution in [3.63, 3.8) is 0 Å². The summed E-state index contributed by atoms with van der Waals surface area (Å²) in [6.07, 6.45) is 4.28. The average Bonchev–Trinajstić information content (AvgIpc) is 2.05. The van der Waals surface area contributed by atoms with Crippen LogP contribution >= 0.6 is 15.9 Å².